The van der Waals surface area contributed by atoms with Crippen molar-refractivity contribution in [1.82, 2.24) is 19.9 Å². The van der Waals surface area contributed by atoms with Crippen molar-refractivity contribution in [2.75, 3.05) is 13.1 Å². The van der Waals surface area contributed by atoms with E-state index in [1.54, 1.807) is 0 Å². The van der Waals surface area contributed by atoms with Crippen LogP contribution >= 0.6 is 0 Å². The van der Waals surface area contributed by atoms with Gasteiger partial charge in [-0.2, -0.15) is 0 Å². The molecule has 2 rings (SSSR count). The zero-order chi connectivity index (χ0) is 12.4. The average Bonchev–Trinajstić information content (AvgIpc) is 2.69. The third-order valence-electron chi connectivity index (χ3n) is 3.36. The Labute approximate surface area is 102 Å². The molecule has 2 aromatic rings. The van der Waals surface area contributed by atoms with Crippen molar-refractivity contribution in [3.05, 3.63) is 23.3 Å². The van der Waals surface area contributed by atoms with Gasteiger partial charge in [-0.05, 0) is 50.2 Å². The summed E-state index contributed by atoms with van der Waals surface area (Å²) in [4.78, 5) is 2.32. The fourth-order valence-corrected chi connectivity index (χ4v) is 1.94. The lowest BCUT2D eigenvalue weighted by Crippen LogP contribution is -2.26. The predicted octanol–water partition coefficient (Wildman–Crippen LogP) is 2.35. The minimum Gasteiger partial charge on any atom is -0.285 e. The van der Waals surface area contributed by atoms with Crippen LogP contribution in [0.1, 0.15) is 25.0 Å². The van der Waals surface area contributed by atoms with Crippen molar-refractivity contribution in [3.63, 3.8) is 0 Å². The lowest BCUT2D eigenvalue weighted by molar-refractivity contribution is 0.231. The Bertz CT molecular complexity index is 511. The highest BCUT2D eigenvalue weighted by atomic mass is 15.5. The molecule has 1 aromatic heterocycles. The molecule has 4 nitrogen and oxygen atoms in total. The monoisotopic (exact) mass is 232 g/mol. The van der Waals surface area contributed by atoms with Crippen molar-refractivity contribution in [2.45, 2.75) is 34.4 Å². The van der Waals surface area contributed by atoms with Gasteiger partial charge in [-0.25, -0.2) is 4.68 Å². The van der Waals surface area contributed by atoms with Gasteiger partial charge in [0.2, 0.25) is 0 Å². The summed E-state index contributed by atoms with van der Waals surface area (Å²) in [5, 5.41) is 8.47. The second-order valence-electron chi connectivity index (χ2n) is 4.46. The minimum absolute atomic E-state index is 0.812. The van der Waals surface area contributed by atoms with E-state index < -0.39 is 0 Å². The fraction of sp³-hybridized carbons (Fsp3) is 0.538. The van der Waals surface area contributed by atoms with Crippen LogP contribution in [0.25, 0.3) is 11.0 Å². The predicted molar refractivity (Wildman–Crippen MR) is 69.9 cm³/mol. The second-order valence-corrected chi connectivity index (χ2v) is 4.46. The van der Waals surface area contributed by atoms with Crippen LogP contribution in [0.4, 0.5) is 0 Å². The molecule has 1 aromatic carbocycles. The molecule has 17 heavy (non-hydrogen) atoms. The van der Waals surface area contributed by atoms with E-state index in [1.807, 2.05) is 4.68 Å². The van der Waals surface area contributed by atoms with Crippen LogP contribution in [-0.2, 0) is 6.67 Å². The summed E-state index contributed by atoms with van der Waals surface area (Å²) in [6.45, 7) is 11.4. The van der Waals surface area contributed by atoms with Crippen LogP contribution in [0.5, 0.6) is 0 Å². The summed E-state index contributed by atoms with van der Waals surface area (Å²) in [5.74, 6) is 0. The molecule has 0 aliphatic heterocycles. The summed E-state index contributed by atoms with van der Waals surface area (Å²) in [6.07, 6.45) is 0. The normalized spacial score (nSPS) is 11.6. The first kappa shape index (κ1) is 12.0. The Balaban J connectivity index is 2.38. The summed E-state index contributed by atoms with van der Waals surface area (Å²) >= 11 is 0. The quantitative estimate of drug-likeness (QED) is 0.811. The third-order valence-corrected chi connectivity index (χ3v) is 3.36. The van der Waals surface area contributed by atoms with Crippen LogP contribution in [-0.4, -0.2) is 33.0 Å². The SMILES string of the molecule is CCN(CC)Cn1nnc2cc(C)c(C)cc21. The van der Waals surface area contributed by atoms with E-state index in [0.717, 1.165) is 30.8 Å². The van der Waals surface area contributed by atoms with E-state index in [-0.39, 0.29) is 0 Å². The summed E-state index contributed by atoms with van der Waals surface area (Å²) in [7, 11) is 0. The molecule has 0 radical (unpaired) electrons. The van der Waals surface area contributed by atoms with Gasteiger partial charge in [0.05, 0.1) is 12.2 Å². The van der Waals surface area contributed by atoms with Gasteiger partial charge in [-0.3, -0.25) is 4.90 Å². The summed E-state index contributed by atoms with van der Waals surface area (Å²) in [5.41, 5.74) is 4.67. The molecule has 0 bridgehead atoms. The number of fused-ring (bicyclic) bond motifs is 1. The van der Waals surface area contributed by atoms with Crippen LogP contribution in [0.15, 0.2) is 12.1 Å². The Morgan fingerprint density at radius 3 is 2.41 bits per heavy atom. The first-order chi connectivity index (χ1) is 8.15. The molecule has 0 fully saturated rings. The van der Waals surface area contributed by atoms with Gasteiger partial charge in [-0.15, -0.1) is 5.10 Å². The number of aromatic nitrogens is 3. The van der Waals surface area contributed by atoms with Crippen molar-refractivity contribution < 1.29 is 0 Å². The Hall–Kier alpha value is -1.42. The first-order valence-corrected chi connectivity index (χ1v) is 6.18. The zero-order valence-electron chi connectivity index (χ0n) is 11.1. The molecule has 0 saturated heterocycles. The zero-order valence-corrected chi connectivity index (χ0v) is 11.1. The van der Waals surface area contributed by atoms with E-state index >= 15 is 0 Å². The van der Waals surface area contributed by atoms with E-state index in [0.29, 0.717) is 0 Å². The molecule has 4 heteroatoms. The van der Waals surface area contributed by atoms with Gasteiger partial charge in [0, 0.05) is 0 Å². The molecule has 0 N–H and O–H groups in total. The number of aryl methyl sites for hydroxylation is 2. The number of rotatable bonds is 4. The third kappa shape index (κ3) is 2.31. The molecular formula is C13H20N4. The lowest BCUT2D eigenvalue weighted by Gasteiger charge is -2.17. The van der Waals surface area contributed by atoms with Gasteiger partial charge in [0.15, 0.2) is 0 Å². The molecule has 0 unspecified atom stereocenters. The molecule has 92 valence electrons. The minimum atomic E-state index is 0.812. The lowest BCUT2D eigenvalue weighted by atomic mass is 10.1. The molecule has 0 atom stereocenters. The van der Waals surface area contributed by atoms with Crippen molar-refractivity contribution in [1.29, 1.82) is 0 Å². The molecule has 0 aliphatic carbocycles. The smallest absolute Gasteiger partial charge is 0.113 e. The Kier molecular flexibility index (Phi) is 3.43. The van der Waals surface area contributed by atoms with Gasteiger partial charge in [0.1, 0.15) is 5.52 Å². The molecule has 0 spiro atoms. The van der Waals surface area contributed by atoms with Gasteiger partial charge < -0.3 is 0 Å². The van der Waals surface area contributed by atoms with Gasteiger partial charge in [-0.1, -0.05) is 19.1 Å². The highest BCUT2D eigenvalue weighted by Crippen LogP contribution is 2.17. The van der Waals surface area contributed by atoms with E-state index in [2.05, 4.69) is 55.0 Å². The summed E-state index contributed by atoms with van der Waals surface area (Å²) < 4.78 is 1.98. The maximum Gasteiger partial charge on any atom is 0.113 e. The van der Waals surface area contributed by atoms with Crippen LogP contribution < -0.4 is 0 Å². The second kappa shape index (κ2) is 4.84. The largest absolute Gasteiger partial charge is 0.285 e. The maximum atomic E-state index is 4.24. The Morgan fingerprint density at radius 1 is 1.12 bits per heavy atom. The van der Waals surface area contributed by atoms with Crippen LogP contribution in [0.3, 0.4) is 0 Å². The van der Waals surface area contributed by atoms with Crippen LogP contribution in [0.2, 0.25) is 0 Å². The highest BCUT2D eigenvalue weighted by molar-refractivity contribution is 5.76. The standard InChI is InChI=1S/C13H20N4/c1-5-16(6-2)9-17-13-8-11(4)10(3)7-12(13)14-15-17/h7-8H,5-6,9H2,1-4H3. The van der Waals surface area contributed by atoms with Crippen molar-refractivity contribution in [2.24, 2.45) is 0 Å². The van der Waals surface area contributed by atoms with Crippen molar-refractivity contribution in [3.8, 4) is 0 Å². The topological polar surface area (TPSA) is 34.0 Å². The van der Waals surface area contributed by atoms with Crippen LogP contribution in [0, 0.1) is 13.8 Å². The first-order valence-electron chi connectivity index (χ1n) is 6.18. The highest BCUT2D eigenvalue weighted by Gasteiger charge is 2.08. The molecule has 1 heterocycles. The fourth-order valence-electron chi connectivity index (χ4n) is 1.94. The van der Waals surface area contributed by atoms with Crippen molar-refractivity contribution >= 4 is 11.0 Å². The summed E-state index contributed by atoms with van der Waals surface area (Å²) in [6, 6.07) is 4.28. The number of hydrogen-bond donors (Lipinski definition) is 0. The Morgan fingerprint density at radius 2 is 1.76 bits per heavy atom. The average molecular weight is 232 g/mol. The molecule has 0 saturated carbocycles. The van der Waals surface area contributed by atoms with E-state index in [9.17, 15) is 0 Å². The number of nitrogens with zero attached hydrogens (tertiary/aromatic N) is 4. The van der Waals surface area contributed by atoms with Gasteiger partial charge in [0.25, 0.3) is 0 Å². The molecular weight excluding hydrogens is 212 g/mol. The maximum absolute atomic E-state index is 4.24. The van der Waals surface area contributed by atoms with Gasteiger partial charge >= 0.3 is 0 Å². The number of hydrogen-bond acceptors (Lipinski definition) is 3. The van der Waals surface area contributed by atoms with E-state index in [1.165, 1.54) is 11.1 Å². The number of benzene rings is 1. The van der Waals surface area contributed by atoms with E-state index in [4.69, 9.17) is 0 Å². The molecule has 0 amide bonds. The molecule has 0 aliphatic rings.